The summed E-state index contributed by atoms with van der Waals surface area (Å²) in [5.41, 5.74) is 0.812. The molecule has 1 saturated heterocycles. The maximum atomic E-state index is 14.8. The summed E-state index contributed by atoms with van der Waals surface area (Å²) < 4.78 is 20.5. The lowest BCUT2D eigenvalue weighted by molar-refractivity contribution is -0.140. The summed E-state index contributed by atoms with van der Waals surface area (Å²) in [7, 11) is 0. The number of ether oxygens (including phenoxy) is 1. The summed E-state index contributed by atoms with van der Waals surface area (Å²) in [6, 6.07) is 16.5. The molecule has 0 bridgehead atoms. The minimum absolute atomic E-state index is 0.0115. The largest absolute Gasteiger partial charge is 0.507 e. The van der Waals surface area contributed by atoms with Gasteiger partial charge in [-0.15, -0.1) is 0 Å². The molecule has 0 radical (unpaired) electrons. The lowest BCUT2D eigenvalue weighted by atomic mass is 9.95. The Balaban J connectivity index is 1.82. The van der Waals surface area contributed by atoms with Gasteiger partial charge < -0.3 is 14.7 Å². The maximum Gasteiger partial charge on any atom is 0.296 e. The number of hydrogen-bond donors (Lipinski definition) is 1. The molecule has 1 aliphatic heterocycles. The highest BCUT2D eigenvalue weighted by molar-refractivity contribution is 6.46. The summed E-state index contributed by atoms with van der Waals surface area (Å²) in [5.74, 6) is -2.06. The molecule has 2 heterocycles. The van der Waals surface area contributed by atoms with Gasteiger partial charge in [0, 0.05) is 17.3 Å². The van der Waals surface area contributed by atoms with E-state index in [1.165, 1.54) is 23.1 Å². The zero-order valence-corrected chi connectivity index (χ0v) is 18.2. The zero-order valence-electron chi connectivity index (χ0n) is 18.2. The quantitative estimate of drug-likeness (QED) is 0.339. The van der Waals surface area contributed by atoms with Crippen LogP contribution in [0.2, 0.25) is 0 Å². The third kappa shape index (κ3) is 4.48. The third-order valence-corrected chi connectivity index (χ3v) is 5.30. The molecule has 33 heavy (non-hydrogen) atoms. The van der Waals surface area contributed by atoms with E-state index in [1.807, 2.05) is 13.8 Å². The number of halogens is 1. The lowest BCUT2D eigenvalue weighted by Gasteiger charge is -2.25. The van der Waals surface area contributed by atoms with Gasteiger partial charge in [0.25, 0.3) is 11.7 Å². The first-order chi connectivity index (χ1) is 15.9. The first-order valence-electron chi connectivity index (χ1n) is 10.6. The number of aliphatic hydroxyl groups excluding tert-OH is 1. The highest BCUT2D eigenvalue weighted by Gasteiger charge is 2.47. The molecule has 168 valence electrons. The number of likely N-dealkylation sites (tertiary alicyclic amines) is 1. The Bertz CT molecular complexity index is 1210. The average molecular weight is 446 g/mol. The fraction of sp³-hybridized carbons (Fsp3) is 0.192. The number of aromatic nitrogens is 1. The summed E-state index contributed by atoms with van der Waals surface area (Å²) in [6.45, 7) is 3.78. The zero-order chi connectivity index (χ0) is 23.5. The highest BCUT2D eigenvalue weighted by atomic mass is 19.1. The predicted molar refractivity (Wildman–Crippen MR) is 121 cm³/mol. The van der Waals surface area contributed by atoms with Crippen LogP contribution in [0.1, 0.15) is 36.7 Å². The number of carbonyl (C=O) groups excluding carboxylic acids is 2. The van der Waals surface area contributed by atoms with Crippen LogP contribution in [-0.2, 0) is 16.1 Å². The minimum Gasteiger partial charge on any atom is -0.507 e. The van der Waals surface area contributed by atoms with Crippen molar-refractivity contribution in [3.05, 3.63) is 101 Å². The van der Waals surface area contributed by atoms with Gasteiger partial charge in [-0.3, -0.25) is 14.6 Å². The normalized spacial score (nSPS) is 17.6. The van der Waals surface area contributed by atoms with Gasteiger partial charge in [-0.25, -0.2) is 4.39 Å². The SMILES string of the molecule is CC(C)Oc1ccc(/C(O)=C2/C(=O)C(=O)N(Cc3ccccn3)C2c2ccccc2F)cc1. The molecule has 1 aliphatic rings. The molecule has 3 aromatic rings. The Labute approximate surface area is 191 Å². The van der Waals surface area contributed by atoms with Crippen LogP contribution in [0.4, 0.5) is 4.39 Å². The van der Waals surface area contributed by atoms with Gasteiger partial charge >= 0.3 is 0 Å². The van der Waals surface area contributed by atoms with Gasteiger partial charge in [0.2, 0.25) is 0 Å². The van der Waals surface area contributed by atoms with Crippen LogP contribution in [0, 0.1) is 5.82 Å². The van der Waals surface area contributed by atoms with Gasteiger partial charge in [0.15, 0.2) is 0 Å². The molecule has 6 nitrogen and oxygen atoms in total. The Morgan fingerprint density at radius 2 is 1.76 bits per heavy atom. The van der Waals surface area contributed by atoms with Crippen molar-refractivity contribution in [2.24, 2.45) is 0 Å². The van der Waals surface area contributed by atoms with E-state index in [9.17, 15) is 19.1 Å². The second kappa shape index (κ2) is 9.24. The molecule has 1 amide bonds. The van der Waals surface area contributed by atoms with E-state index < -0.39 is 23.5 Å². The van der Waals surface area contributed by atoms with Crippen molar-refractivity contribution in [1.82, 2.24) is 9.88 Å². The number of amides is 1. The van der Waals surface area contributed by atoms with Gasteiger partial charge in [-0.05, 0) is 56.3 Å². The first kappa shape index (κ1) is 22.2. The molecule has 0 saturated carbocycles. The molecule has 1 fully saturated rings. The third-order valence-electron chi connectivity index (χ3n) is 5.30. The van der Waals surface area contributed by atoms with Gasteiger partial charge in [0.1, 0.15) is 17.3 Å². The van der Waals surface area contributed by atoms with E-state index >= 15 is 0 Å². The minimum atomic E-state index is -1.10. The van der Waals surface area contributed by atoms with Gasteiger partial charge in [0.05, 0.1) is 30.0 Å². The Morgan fingerprint density at radius 1 is 1.06 bits per heavy atom. The van der Waals surface area contributed by atoms with E-state index in [1.54, 1.807) is 54.7 Å². The number of hydrogen-bond acceptors (Lipinski definition) is 5. The molecule has 4 rings (SSSR count). The predicted octanol–water partition coefficient (Wildman–Crippen LogP) is 4.63. The second-order valence-electron chi connectivity index (χ2n) is 7.96. The number of rotatable bonds is 6. The van der Waals surface area contributed by atoms with E-state index in [-0.39, 0.29) is 29.5 Å². The monoisotopic (exact) mass is 446 g/mol. The molecular formula is C26H23FN2O4. The van der Waals surface area contributed by atoms with Crippen molar-refractivity contribution in [3.8, 4) is 5.75 Å². The van der Waals surface area contributed by atoms with Crippen LogP contribution in [0.15, 0.2) is 78.5 Å². The molecule has 1 N–H and O–H groups in total. The smallest absolute Gasteiger partial charge is 0.296 e. The Morgan fingerprint density at radius 3 is 2.39 bits per heavy atom. The molecule has 2 aromatic carbocycles. The first-order valence-corrected chi connectivity index (χ1v) is 10.6. The van der Waals surface area contributed by atoms with Crippen LogP contribution in [0.3, 0.4) is 0 Å². The average Bonchev–Trinajstić information content (AvgIpc) is 3.04. The summed E-state index contributed by atoms with van der Waals surface area (Å²) in [6.07, 6.45) is 1.55. The standard InChI is InChI=1S/C26H23FN2O4/c1-16(2)33-19-12-10-17(11-13-19)24(30)22-23(20-8-3-4-9-21(20)27)29(26(32)25(22)31)15-18-7-5-6-14-28-18/h3-14,16,23,30H,15H2,1-2H3/b24-22-. The summed E-state index contributed by atoms with van der Waals surface area (Å²) in [5, 5.41) is 11.1. The summed E-state index contributed by atoms with van der Waals surface area (Å²) >= 11 is 0. The second-order valence-corrected chi connectivity index (χ2v) is 7.96. The molecule has 7 heteroatoms. The molecule has 0 spiro atoms. The fourth-order valence-electron chi connectivity index (χ4n) is 3.85. The van der Waals surface area contributed by atoms with Gasteiger partial charge in [-0.2, -0.15) is 0 Å². The maximum absolute atomic E-state index is 14.8. The summed E-state index contributed by atoms with van der Waals surface area (Å²) in [4.78, 5) is 31.5. The molecule has 1 unspecified atom stereocenters. The van der Waals surface area contributed by atoms with Crippen molar-refractivity contribution in [1.29, 1.82) is 0 Å². The number of carbonyl (C=O) groups is 2. The number of benzene rings is 2. The number of ketones is 1. The Hall–Kier alpha value is -4.00. The molecule has 1 atom stereocenters. The van der Waals surface area contributed by atoms with Crippen molar-refractivity contribution in [2.45, 2.75) is 32.5 Å². The lowest BCUT2D eigenvalue weighted by Crippen LogP contribution is -2.30. The van der Waals surface area contributed by atoms with Crippen molar-refractivity contribution in [3.63, 3.8) is 0 Å². The highest BCUT2D eigenvalue weighted by Crippen LogP contribution is 2.41. The van der Waals surface area contributed by atoms with E-state index in [0.29, 0.717) is 17.0 Å². The van der Waals surface area contributed by atoms with Crippen LogP contribution < -0.4 is 4.74 Å². The van der Waals surface area contributed by atoms with E-state index in [4.69, 9.17) is 4.74 Å². The number of aliphatic hydroxyl groups is 1. The van der Waals surface area contributed by atoms with Gasteiger partial charge in [-0.1, -0.05) is 24.3 Å². The van der Waals surface area contributed by atoms with E-state index in [2.05, 4.69) is 4.98 Å². The molecule has 1 aromatic heterocycles. The van der Waals surface area contributed by atoms with Crippen molar-refractivity contribution in [2.75, 3.05) is 0 Å². The fourth-order valence-corrected chi connectivity index (χ4v) is 3.85. The van der Waals surface area contributed by atoms with Crippen LogP contribution >= 0.6 is 0 Å². The number of nitrogens with zero attached hydrogens (tertiary/aromatic N) is 2. The molecular weight excluding hydrogens is 423 g/mol. The van der Waals surface area contributed by atoms with E-state index in [0.717, 1.165) is 0 Å². The van der Waals surface area contributed by atoms with Crippen LogP contribution in [-0.4, -0.2) is 32.8 Å². The van der Waals surface area contributed by atoms with Crippen LogP contribution in [0.25, 0.3) is 5.76 Å². The van der Waals surface area contributed by atoms with Crippen molar-refractivity contribution < 1.29 is 23.8 Å². The number of Topliss-reactive ketones (excluding diaryl/α,β-unsaturated/α-hetero) is 1. The van der Waals surface area contributed by atoms with Crippen molar-refractivity contribution >= 4 is 17.4 Å². The molecule has 0 aliphatic carbocycles. The number of pyridine rings is 1. The topological polar surface area (TPSA) is 79.7 Å². The van der Waals surface area contributed by atoms with Crippen LogP contribution in [0.5, 0.6) is 5.75 Å². The Kier molecular flexibility index (Phi) is 6.22.